The van der Waals surface area contributed by atoms with Gasteiger partial charge in [-0.25, -0.2) is 0 Å². The minimum absolute atomic E-state index is 0.876. The second-order valence-corrected chi connectivity index (χ2v) is 5.67. The summed E-state index contributed by atoms with van der Waals surface area (Å²) in [5.41, 5.74) is 5.19. The predicted molar refractivity (Wildman–Crippen MR) is 88.5 cm³/mol. The minimum atomic E-state index is 0.876. The second kappa shape index (κ2) is 7.27. The van der Waals surface area contributed by atoms with Gasteiger partial charge in [-0.2, -0.15) is 5.10 Å². The first-order valence-electron chi connectivity index (χ1n) is 7.59. The highest BCUT2D eigenvalue weighted by atomic mass is 15.2. The normalized spacial score (nSPS) is 10.9. The van der Waals surface area contributed by atoms with Gasteiger partial charge in [-0.1, -0.05) is 13.0 Å². The van der Waals surface area contributed by atoms with Crippen LogP contribution >= 0.6 is 0 Å². The highest BCUT2D eigenvalue weighted by molar-refractivity contribution is 5.50. The molecule has 2 rings (SSSR count). The molecule has 0 aliphatic rings. The number of nitrogens with one attached hydrogen (secondary N) is 1. The number of aryl methyl sites for hydroxylation is 2. The molecule has 0 bridgehead atoms. The standard InChI is InChI=1S/C17H26N4/c1-5-8-18-11-16-6-7-17(9-14(16)2)20(3)12-15-10-19-21(4)13-15/h6-7,9-10,13,18H,5,8,11-12H2,1-4H3. The van der Waals surface area contributed by atoms with Crippen LogP contribution in [0.4, 0.5) is 5.69 Å². The first-order valence-corrected chi connectivity index (χ1v) is 7.59. The molecule has 21 heavy (non-hydrogen) atoms. The van der Waals surface area contributed by atoms with Gasteiger partial charge in [-0.05, 0) is 43.1 Å². The molecule has 114 valence electrons. The van der Waals surface area contributed by atoms with Gasteiger partial charge in [0.1, 0.15) is 0 Å². The number of aromatic nitrogens is 2. The van der Waals surface area contributed by atoms with Crippen LogP contribution in [0.25, 0.3) is 0 Å². The highest BCUT2D eigenvalue weighted by Gasteiger charge is 2.06. The molecule has 1 aromatic heterocycles. The van der Waals surface area contributed by atoms with Gasteiger partial charge in [0.25, 0.3) is 0 Å². The van der Waals surface area contributed by atoms with Gasteiger partial charge in [0.05, 0.1) is 6.20 Å². The second-order valence-electron chi connectivity index (χ2n) is 5.67. The van der Waals surface area contributed by atoms with E-state index in [9.17, 15) is 0 Å². The van der Waals surface area contributed by atoms with Gasteiger partial charge in [0, 0.05) is 44.6 Å². The summed E-state index contributed by atoms with van der Waals surface area (Å²) >= 11 is 0. The fourth-order valence-corrected chi connectivity index (χ4v) is 2.43. The molecule has 2 aromatic rings. The molecule has 1 heterocycles. The largest absolute Gasteiger partial charge is 0.370 e. The Labute approximate surface area is 127 Å². The number of benzene rings is 1. The summed E-state index contributed by atoms with van der Waals surface area (Å²) in [7, 11) is 4.07. The van der Waals surface area contributed by atoms with Crippen LogP contribution in [0.15, 0.2) is 30.6 Å². The summed E-state index contributed by atoms with van der Waals surface area (Å²) in [6.45, 7) is 7.27. The summed E-state index contributed by atoms with van der Waals surface area (Å²) < 4.78 is 1.84. The third-order valence-corrected chi connectivity index (χ3v) is 3.69. The van der Waals surface area contributed by atoms with Gasteiger partial charge in [-0.3, -0.25) is 4.68 Å². The zero-order valence-corrected chi connectivity index (χ0v) is 13.6. The quantitative estimate of drug-likeness (QED) is 0.795. The Morgan fingerprint density at radius 2 is 2.14 bits per heavy atom. The summed E-state index contributed by atoms with van der Waals surface area (Å²) in [6, 6.07) is 6.69. The van der Waals surface area contributed by atoms with Crippen LogP contribution in [-0.2, 0) is 20.1 Å². The molecule has 0 spiro atoms. The van der Waals surface area contributed by atoms with E-state index < -0.39 is 0 Å². The summed E-state index contributed by atoms with van der Waals surface area (Å²) in [4.78, 5) is 2.26. The van der Waals surface area contributed by atoms with E-state index >= 15 is 0 Å². The predicted octanol–water partition coefficient (Wildman–Crippen LogP) is 2.86. The molecule has 0 aliphatic heterocycles. The van der Waals surface area contributed by atoms with E-state index in [4.69, 9.17) is 0 Å². The SMILES string of the molecule is CCCNCc1ccc(N(C)Cc2cnn(C)c2)cc1C. The fourth-order valence-electron chi connectivity index (χ4n) is 2.43. The minimum Gasteiger partial charge on any atom is -0.370 e. The van der Waals surface area contributed by atoms with Crippen molar-refractivity contribution in [1.29, 1.82) is 0 Å². The van der Waals surface area contributed by atoms with Crippen molar-refractivity contribution in [1.82, 2.24) is 15.1 Å². The van der Waals surface area contributed by atoms with Crippen molar-refractivity contribution in [3.8, 4) is 0 Å². The number of nitrogens with zero attached hydrogens (tertiary/aromatic N) is 3. The van der Waals surface area contributed by atoms with E-state index in [1.54, 1.807) is 0 Å². The first kappa shape index (κ1) is 15.6. The fraction of sp³-hybridized carbons (Fsp3) is 0.471. The first-order chi connectivity index (χ1) is 10.1. The Morgan fingerprint density at radius 3 is 2.76 bits per heavy atom. The Bertz CT molecular complexity index is 574. The van der Waals surface area contributed by atoms with Crippen molar-refractivity contribution in [3.05, 3.63) is 47.3 Å². The lowest BCUT2D eigenvalue weighted by Crippen LogP contribution is -2.17. The molecule has 0 aliphatic carbocycles. The Morgan fingerprint density at radius 1 is 1.33 bits per heavy atom. The summed E-state index contributed by atoms with van der Waals surface area (Å²) in [5, 5.41) is 7.68. The molecule has 0 unspecified atom stereocenters. The molecule has 1 N–H and O–H groups in total. The van der Waals surface area contributed by atoms with Crippen LogP contribution in [0.1, 0.15) is 30.0 Å². The van der Waals surface area contributed by atoms with Crippen LogP contribution in [0, 0.1) is 6.92 Å². The lowest BCUT2D eigenvalue weighted by atomic mass is 10.1. The Kier molecular flexibility index (Phi) is 5.39. The monoisotopic (exact) mass is 286 g/mol. The topological polar surface area (TPSA) is 33.1 Å². The third kappa shape index (κ3) is 4.33. The van der Waals surface area contributed by atoms with E-state index in [0.29, 0.717) is 0 Å². The van der Waals surface area contributed by atoms with Gasteiger partial charge in [-0.15, -0.1) is 0 Å². The maximum atomic E-state index is 4.22. The molecule has 0 radical (unpaired) electrons. The molecule has 4 heteroatoms. The molecule has 0 saturated carbocycles. The van der Waals surface area contributed by atoms with Crippen molar-refractivity contribution in [3.63, 3.8) is 0 Å². The van der Waals surface area contributed by atoms with E-state index in [1.807, 2.05) is 17.9 Å². The van der Waals surface area contributed by atoms with Gasteiger partial charge in [0.15, 0.2) is 0 Å². The average Bonchev–Trinajstić information content (AvgIpc) is 2.86. The van der Waals surface area contributed by atoms with Gasteiger partial charge in [0.2, 0.25) is 0 Å². The van der Waals surface area contributed by atoms with E-state index in [2.05, 4.69) is 60.6 Å². The zero-order valence-electron chi connectivity index (χ0n) is 13.6. The van der Waals surface area contributed by atoms with Crippen molar-refractivity contribution in [2.45, 2.75) is 33.4 Å². The van der Waals surface area contributed by atoms with Crippen LogP contribution in [0.5, 0.6) is 0 Å². The molecular weight excluding hydrogens is 260 g/mol. The maximum Gasteiger partial charge on any atom is 0.0539 e. The van der Waals surface area contributed by atoms with Gasteiger partial charge >= 0.3 is 0 Å². The smallest absolute Gasteiger partial charge is 0.0539 e. The van der Waals surface area contributed by atoms with Crippen molar-refractivity contribution < 1.29 is 0 Å². The molecule has 1 aromatic carbocycles. The Hall–Kier alpha value is -1.81. The lowest BCUT2D eigenvalue weighted by molar-refractivity contribution is 0.673. The number of rotatable bonds is 7. The van der Waals surface area contributed by atoms with E-state index in [0.717, 1.165) is 19.6 Å². The molecule has 0 amide bonds. The van der Waals surface area contributed by atoms with Crippen molar-refractivity contribution in [2.75, 3.05) is 18.5 Å². The van der Waals surface area contributed by atoms with Crippen molar-refractivity contribution >= 4 is 5.69 Å². The van der Waals surface area contributed by atoms with E-state index in [-0.39, 0.29) is 0 Å². The summed E-state index contributed by atoms with van der Waals surface area (Å²) in [5.74, 6) is 0. The third-order valence-electron chi connectivity index (χ3n) is 3.69. The number of anilines is 1. The van der Waals surface area contributed by atoms with Crippen LogP contribution < -0.4 is 10.2 Å². The molecule has 4 nitrogen and oxygen atoms in total. The van der Waals surface area contributed by atoms with E-state index in [1.165, 1.54) is 28.8 Å². The average molecular weight is 286 g/mol. The molecule has 0 fully saturated rings. The zero-order chi connectivity index (χ0) is 15.2. The Balaban J connectivity index is 2.01. The summed E-state index contributed by atoms with van der Waals surface area (Å²) in [6.07, 6.45) is 5.16. The lowest BCUT2D eigenvalue weighted by Gasteiger charge is -2.20. The van der Waals surface area contributed by atoms with Crippen LogP contribution in [0.2, 0.25) is 0 Å². The van der Waals surface area contributed by atoms with Crippen LogP contribution in [0.3, 0.4) is 0 Å². The molecule has 0 atom stereocenters. The number of hydrogen-bond acceptors (Lipinski definition) is 3. The highest BCUT2D eigenvalue weighted by Crippen LogP contribution is 2.20. The van der Waals surface area contributed by atoms with Crippen molar-refractivity contribution in [2.24, 2.45) is 7.05 Å². The van der Waals surface area contributed by atoms with Gasteiger partial charge < -0.3 is 10.2 Å². The molecule has 0 saturated heterocycles. The molecular formula is C17H26N4. The number of hydrogen-bond donors (Lipinski definition) is 1. The maximum absolute atomic E-state index is 4.22. The van der Waals surface area contributed by atoms with Crippen LogP contribution in [-0.4, -0.2) is 23.4 Å².